The van der Waals surface area contributed by atoms with Crippen molar-refractivity contribution in [2.24, 2.45) is 5.73 Å². The van der Waals surface area contributed by atoms with Gasteiger partial charge in [-0.15, -0.1) is 56.7 Å². The van der Waals surface area contributed by atoms with E-state index in [9.17, 15) is 29.4 Å². The number of esters is 1. The number of nitrogens with one attached hydrogen (secondary N) is 5. The van der Waals surface area contributed by atoms with Crippen LogP contribution < -0.4 is 31.7 Å². The van der Waals surface area contributed by atoms with Gasteiger partial charge in [0.05, 0.1) is 56.4 Å². The Labute approximate surface area is 553 Å². The Hall–Kier alpha value is -8.00. The maximum Gasteiger partial charge on any atom is 0.338 e. The Morgan fingerprint density at radius 1 is 0.828 bits per heavy atom. The molecule has 0 spiro atoms. The zero-order chi connectivity index (χ0) is 65.9. The molecule has 28 nitrogen and oxygen atoms in total. The second-order valence-corrected chi connectivity index (χ2v) is 27.8. The van der Waals surface area contributed by atoms with Crippen molar-refractivity contribution < 1.29 is 72.2 Å². The number of nitrogens with zero attached hydrogens (tertiary/aromatic N) is 7. The van der Waals surface area contributed by atoms with Gasteiger partial charge in [-0.3, -0.25) is 28.8 Å². The van der Waals surface area contributed by atoms with E-state index in [0.717, 1.165) is 68.4 Å². The van der Waals surface area contributed by atoms with Crippen molar-refractivity contribution >= 4 is 126 Å². The number of pyridine rings is 1. The van der Waals surface area contributed by atoms with Crippen LogP contribution in [0.3, 0.4) is 0 Å². The van der Waals surface area contributed by atoms with Gasteiger partial charge in [0.15, 0.2) is 12.4 Å². The molecule has 0 saturated carbocycles. The Balaban J connectivity index is 1.05. The summed E-state index contributed by atoms with van der Waals surface area (Å²) in [5, 5.41) is 42.7. The van der Waals surface area contributed by atoms with Crippen molar-refractivity contribution in [1.29, 1.82) is 0 Å². The number of allylic oxidation sites excluding steroid dienone is 1. The molecule has 0 aliphatic carbocycles. The van der Waals surface area contributed by atoms with Crippen LogP contribution in [0.1, 0.15) is 125 Å². The average Bonchev–Trinajstić information content (AvgIpc) is 1.71. The third-order valence-corrected chi connectivity index (χ3v) is 21.3. The molecule has 5 amide bonds. The van der Waals surface area contributed by atoms with Gasteiger partial charge in [-0.25, -0.2) is 34.7 Å². The molecule has 10 atom stereocenters. The van der Waals surface area contributed by atoms with Crippen LogP contribution in [0.15, 0.2) is 56.9 Å². The number of cyclic esters (lactones) is 1. The molecule has 4 aliphatic heterocycles. The first-order valence-electron chi connectivity index (χ1n) is 28.6. The number of thiazole rings is 5. The van der Waals surface area contributed by atoms with Gasteiger partial charge in [0.25, 0.3) is 23.6 Å². The van der Waals surface area contributed by atoms with E-state index >= 15 is 14.4 Å². The molecular weight excluding hydrogens is 1320 g/mol. The van der Waals surface area contributed by atoms with Crippen molar-refractivity contribution in [2.45, 2.75) is 108 Å². The van der Waals surface area contributed by atoms with Gasteiger partial charge in [0.1, 0.15) is 107 Å². The second-order valence-electron chi connectivity index (χ2n) is 22.4. The first kappa shape index (κ1) is 65.1. The molecule has 34 heteroatoms. The number of nitrogens with two attached hydrogens (primary N) is 1. The van der Waals surface area contributed by atoms with Crippen LogP contribution in [0.2, 0.25) is 0 Å². The van der Waals surface area contributed by atoms with Gasteiger partial charge in [0, 0.05) is 61.1 Å². The van der Waals surface area contributed by atoms with E-state index in [-0.39, 0.29) is 102 Å². The smallest absolute Gasteiger partial charge is 0.338 e. The lowest BCUT2D eigenvalue weighted by atomic mass is 9.85. The minimum atomic E-state index is -1.81. The van der Waals surface area contributed by atoms with Gasteiger partial charge in [-0.1, -0.05) is 23.9 Å². The number of hydrogen-bond acceptors (Lipinski definition) is 28. The molecule has 9 N–H and O–H groups in total. The fourth-order valence-corrected chi connectivity index (χ4v) is 16.7. The van der Waals surface area contributed by atoms with E-state index in [4.69, 9.17) is 49.1 Å². The van der Waals surface area contributed by atoms with Crippen LogP contribution in [-0.2, 0) is 46.5 Å². The van der Waals surface area contributed by atoms with Crippen LogP contribution in [0, 0.1) is 0 Å². The minimum Gasteiger partial charge on any atom is -0.499 e. The van der Waals surface area contributed by atoms with Gasteiger partial charge >= 0.3 is 5.97 Å². The molecule has 2 unspecified atom stereocenters. The Kier molecular flexibility index (Phi) is 18.5. The summed E-state index contributed by atoms with van der Waals surface area (Å²) >= 11 is 5.97. The maximum atomic E-state index is 15.2. The van der Waals surface area contributed by atoms with Gasteiger partial charge < -0.3 is 75.5 Å². The number of hydrogen-bond donors (Lipinski definition) is 8. The fraction of sp³-hybridized carbons (Fsp3) is 0.373. The van der Waals surface area contributed by atoms with Crippen molar-refractivity contribution in [3.05, 3.63) is 112 Å². The van der Waals surface area contributed by atoms with Crippen LogP contribution in [0.25, 0.3) is 49.3 Å². The highest BCUT2D eigenvalue weighted by Gasteiger charge is 2.50. The number of thioether (sulfide) groups is 1. The van der Waals surface area contributed by atoms with Crippen LogP contribution in [0.5, 0.6) is 5.75 Å². The van der Waals surface area contributed by atoms with E-state index < -0.39 is 108 Å². The predicted octanol–water partition coefficient (Wildman–Crippen LogP) is 5.57. The number of carbonyl (C=O) groups is 7. The van der Waals surface area contributed by atoms with E-state index in [2.05, 4.69) is 41.2 Å². The number of fused-ring (bicyclic) bond motifs is 15. The zero-order valence-electron chi connectivity index (χ0n) is 50.6. The number of aliphatic hydroxyl groups is 2. The maximum absolute atomic E-state index is 15.2. The molecule has 4 aliphatic rings. The molecule has 1 saturated heterocycles. The number of aliphatic hydroxyl groups excluding tert-OH is 1. The van der Waals surface area contributed by atoms with E-state index in [1.165, 1.54) is 49.6 Å². The van der Waals surface area contributed by atoms with Crippen LogP contribution in [0.4, 0.5) is 0 Å². The van der Waals surface area contributed by atoms with Crippen LogP contribution in [-0.4, -0.2) is 173 Å². The molecule has 12 bridgehead atoms. The third kappa shape index (κ3) is 12.9. The number of ether oxygens (including phenoxy) is 6. The Bertz CT molecular complexity index is 4320. The molecule has 0 radical (unpaired) electrons. The number of benzene rings is 1. The number of H-pyrrole nitrogens is 1. The van der Waals surface area contributed by atoms with Crippen molar-refractivity contribution in [2.75, 3.05) is 34.1 Å². The number of aromatic nitrogens is 7. The predicted molar refractivity (Wildman–Crippen MR) is 343 cm³/mol. The SMILES string of the molecule is CO/C(C)=C1/NC(=O)[C@H]([C@@H](C)O)NC(=O)c2csc(n2)-c2cc(OC)c(-c3nc(C(N)=O)cs3)nc2-c2csc(n2)[C@@H]2CSC(=O)c3[nH]c4cccc5c4c3COC(C(O[C@H]3C[C@](C)(O)[C@H](N(C)C)[C@H](C)O3)C(=O)OC5)[C@H](NC(=O)c3csc1n3)c1nc(cs1)C(=O)N2. The lowest BCUT2D eigenvalue weighted by Crippen LogP contribution is -2.62. The molecular formula is C59H59N13O15S6. The number of primary amides is 1. The monoisotopic (exact) mass is 1380 g/mol. The van der Waals surface area contributed by atoms with Gasteiger partial charge in [-0.05, 0) is 59.5 Å². The Morgan fingerprint density at radius 3 is 2.22 bits per heavy atom. The first-order chi connectivity index (χ1) is 44.5. The minimum absolute atomic E-state index is 0.0241. The van der Waals surface area contributed by atoms with E-state index in [0.29, 0.717) is 32.6 Å². The van der Waals surface area contributed by atoms with E-state index in [1.807, 2.05) is 4.90 Å². The number of likely N-dealkylation sites (N-methyl/N-ethyl adjacent to an activating group) is 1. The molecule has 7 aromatic heterocycles. The van der Waals surface area contributed by atoms with Gasteiger partial charge in [0.2, 0.25) is 11.0 Å². The molecule has 8 aromatic rings. The number of methoxy groups -OCH3 is 2. The standard InChI is InChI=1S/C59H59N13O15S6/c1-22(73)38-51(78)70-39(23(2)82-7)54-66-33(20-91-54)50(77)71-43-44-45(87-36-13-59(4,81)46(72(5)6)24(3)86-36)57(79)85-14-25-10-9-11-28-37(25)27(15-84-44)41(61-28)58(80)93-21-34(62-48(75)31-19-92-56(43)67-31)53-63-29(16-89-53)40-26(52-65-32(18-88-52)49(76)69-38)12-35(83-8)42(68-40)55-64-30(17-90-55)47(60)74/h9-12,16-20,22,24,34,36,38,43-46,61,73,81H,13-15,21H2,1-8H3,(H2,60,74)(H,62,75)(H,69,76)(H,70,78)(H,71,77)/b39-23+/t22-,24+,34+,36+,38+,43+,44?,45?,46-,59+/m1/s1. The lowest BCUT2D eigenvalue weighted by molar-refractivity contribution is -0.280. The second kappa shape index (κ2) is 26.4. The molecule has 93 heavy (non-hydrogen) atoms. The van der Waals surface area contributed by atoms with E-state index in [1.54, 1.807) is 57.6 Å². The summed E-state index contributed by atoms with van der Waals surface area (Å²) in [6.45, 7) is 5.49. The highest BCUT2D eigenvalue weighted by Crippen LogP contribution is 2.43. The van der Waals surface area contributed by atoms with Crippen LogP contribution >= 0.6 is 68.4 Å². The molecule has 1 fully saturated rings. The summed E-state index contributed by atoms with van der Waals surface area (Å²) in [5.41, 5.74) is 5.94. The van der Waals surface area contributed by atoms with Crippen molar-refractivity contribution in [1.82, 2.24) is 61.1 Å². The van der Waals surface area contributed by atoms with Gasteiger partial charge in [-0.2, -0.15) is 0 Å². The molecule has 12 rings (SSSR count). The molecule has 486 valence electrons. The summed E-state index contributed by atoms with van der Waals surface area (Å²) < 4.78 is 37.7. The average molecular weight is 1380 g/mol. The lowest BCUT2D eigenvalue weighted by Gasteiger charge is -2.48. The first-order valence-corrected chi connectivity index (χ1v) is 34.0. The topological polar surface area (TPSA) is 386 Å². The summed E-state index contributed by atoms with van der Waals surface area (Å²) in [4.78, 5) is 135. The number of carbonyl (C=O) groups excluding carboxylic acids is 7. The normalized spacial score (nSPS) is 24.8. The highest BCUT2D eigenvalue weighted by atomic mass is 32.2. The molecule has 11 heterocycles. The summed E-state index contributed by atoms with van der Waals surface area (Å²) in [6.07, 6.45) is -7.05. The third-order valence-electron chi connectivity index (χ3n) is 15.8. The summed E-state index contributed by atoms with van der Waals surface area (Å²) in [5.74, 6) is -4.95. The van der Waals surface area contributed by atoms with Crippen molar-refractivity contribution in [3.63, 3.8) is 0 Å². The largest absolute Gasteiger partial charge is 0.499 e. The highest BCUT2D eigenvalue weighted by molar-refractivity contribution is 8.14. The fourth-order valence-electron chi connectivity index (χ4n) is 11.5. The number of aromatic amines is 1. The quantitative estimate of drug-likeness (QED) is 0.0680. The molecule has 1 aromatic carbocycles. The zero-order valence-corrected chi connectivity index (χ0v) is 55.5. The van der Waals surface area contributed by atoms with Crippen molar-refractivity contribution in [3.8, 4) is 38.4 Å². The summed E-state index contributed by atoms with van der Waals surface area (Å²) in [7, 11) is 6.34. The number of amides is 5. The summed E-state index contributed by atoms with van der Waals surface area (Å²) in [6, 6.07) is 2.14. The Morgan fingerprint density at radius 2 is 1.51 bits per heavy atom. The number of rotatable bonds is 8.